The molecular formula is C30H40N6O2S. The van der Waals surface area contributed by atoms with E-state index >= 15 is 0 Å². The Morgan fingerprint density at radius 3 is 2.44 bits per heavy atom. The SMILES string of the molecule is C=C/C(=C\N(C)C)c1cccc(-c2ncc(C(/C=N\C)=C/C(=C)C)c(NC3CCC(NS(C)(=O)=O)CC3)n2)c1. The van der Waals surface area contributed by atoms with Crippen LogP contribution in [-0.4, -0.2) is 69.0 Å². The number of aliphatic imine (C=N–C) groups is 1. The van der Waals surface area contributed by atoms with Crippen molar-refractivity contribution in [2.45, 2.75) is 44.7 Å². The van der Waals surface area contributed by atoms with Crippen molar-refractivity contribution >= 4 is 33.2 Å². The van der Waals surface area contributed by atoms with Gasteiger partial charge in [-0.25, -0.2) is 23.1 Å². The summed E-state index contributed by atoms with van der Waals surface area (Å²) < 4.78 is 26.1. The minimum absolute atomic E-state index is 0.0402. The van der Waals surface area contributed by atoms with Crippen molar-refractivity contribution in [2.24, 2.45) is 4.99 Å². The maximum Gasteiger partial charge on any atom is 0.208 e. The molecule has 1 heterocycles. The lowest BCUT2D eigenvalue weighted by molar-refractivity contribution is 0.387. The normalized spacial score (nSPS) is 18.7. The number of rotatable bonds is 11. The molecule has 0 amide bonds. The predicted molar refractivity (Wildman–Crippen MR) is 164 cm³/mol. The van der Waals surface area contributed by atoms with Crippen LogP contribution in [0, 0.1) is 0 Å². The van der Waals surface area contributed by atoms with Gasteiger partial charge in [0.1, 0.15) is 5.82 Å². The van der Waals surface area contributed by atoms with Crippen LogP contribution in [0.25, 0.3) is 22.5 Å². The maximum absolute atomic E-state index is 11.7. The fraction of sp³-hybridized carbons (Fsp3) is 0.367. The van der Waals surface area contributed by atoms with E-state index in [-0.39, 0.29) is 12.1 Å². The quantitative estimate of drug-likeness (QED) is 0.297. The summed E-state index contributed by atoms with van der Waals surface area (Å²) in [6, 6.07) is 8.21. The Labute approximate surface area is 233 Å². The number of benzene rings is 1. The van der Waals surface area contributed by atoms with Crippen molar-refractivity contribution in [1.82, 2.24) is 19.6 Å². The van der Waals surface area contributed by atoms with Crippen LogP contribution < -0.4 is 10.0 Å². The van der Waals surface area contributed by atoms with E-state index in [1.165, 1.54) is 6.26 Å². The lowest BCUT2D eigenvalue weighted by atomic mass is 9.91. The zero-order valence-corrected chi connectivity index (χ0v) is 24.4. The summed E-state index contributed by atoms with van der Waals surface area (Å²) in [5.41, 5.74) is 5.51. The molecule has 1 aromatic heterocycles. The second-order valence-electron chi connectivity index (χ2n) is 10.2. The van der Waals surface area contributed by atoms with Gasteiger partial charge < -0.3 is 10.2 Å². The number of hydrogen-bond acceptors (Lipinski definition) is 7. The number of aromatic nitrogens is 2. The van der Waals surface area contributed by atoms with E-state index in [2.05, 4.69) is 34.3 Å². The van der Waals surface area contributed by atoms with Crippen LogP contribution in [0.1, 0.15) is 43.7 Å². The molecule has 39 heavy (non-hydrogen) atoms. The van der Waals surface area contributed by atoms with E-state index in [0.29, 0.717) is 11.6 Å². The third-order valence-corrected chi connectivity index (χ3v) is 7.05. The highest BCUT2D eigenvalue weighted by atomic mass is 32.2. The van der Waals surface area contributed by atoms with Crippen molar-refractivity contribution < 1.29 is 8.42 Å². The van der Waals surface area contributed by atoms with E-state index in [0.717, 1.165) is 59.1 Å². The number of nitrogens with zero attached hydrogens (tertiary/aromatic N) is 4. The second-order valence-corrected chi connectivity index (χ2v) is 12.0. The van der Waals surface area contributed by atoms with Gasteiger partial charge in [-0.1, -0.05) is 49.1 Å². The molecule has 1 fully saturated rings. The summed E-state index contributed by atoms with van der Waals surface area (Å²) >= 11 is 0. The van der Waals surface area contributed by atoms with Gasteiger partial charge in [0.15, 0.2) is 5.82 Å². The first-order valence-electron chi connectivity index (χ1n) is 13.0. The van der Waals surface area contributed by atoms with Crippen LogP contribution in [-0.2, 0) is 10.0 Å². The van der Waals surface area contributed by atoms with Gasteiger partial charge in [0.2, 0.25) is 10.0 Å². The molecular weight excluding hydrogens is 508 g/mol. The topological polar surface area (TPSA) is 99.6 Å². The van der Waals surface area contributed by atoms with E-state index in [1.54, 1.807) is 13.3 Å². The second kappa shape index (κ2) is 13.5. The van der Waals surface area contributed by atoms with Crippen LogP contribution in [0.15, 0.2) is 72.5 Å². The first kappa shape index (κ1) is 30.0. The number of hydrogen-bond donors (Lipinski definition) is 2. The van der Waals surface area contributed by atoms with Gasteiger partial charge in [-0.3, -0.25) is 4.99 Å². The molecule has 0 spiro atoms. The summed E-state index contributed by atoms with van der Waals surface area (Å²) in [5, 5.41) is 3.64. The Morgan fingerprint density at radius 2 is 1.85 bits per heavy atom. The van der Waals surface area contributed by atoms with Crippen LogP contribution in [0.3, 0.4) is 0 Å². The fourth-order valence-corrected chi connectivity index (χ4v) is 5.49. The van der Waals surface area contributed by atoms with Crippen LogP contribution in [0.5, 0.6) is 0 Å². The molecule has 1 saturated carbocycles. The molecule has 0 saturated heterocycles. The van der Waals surface area contributed by atoms with Gasteiger partial charge in [0.05, 0.1) is 6.26 Å². The lowest BCUT2D eigenvalue weighted by Crippen LogP contribution is -2.39. The standard InChI is InChI=1S/C30H40N6O2S/c1-8-22(20-36(5)6)23-10-9-11-24(17-23)29-32-19-28(25(18-31-4)16-21(2)3)30(34-29)33-26-12-14-27(15-13-26)35-39(7,37)38/h8-11,16-20,26-27,35H,1-2,12-15H2,3-7H3,(H,32,33,34)/b22-20+,25-16+,31-18-. The number of sulfonamides is 1. The molecule has 2 N–H and O–H groups in total. The zero-order chi connectivity index (χ0) is 28.6. The molecule has 0 unspecified atom stereocenters. The minimum Gasteiger partial charge on any atom is -0.383 e. The smallest absolute Gasteiger partial charge is 0.208 e. The van der Waals surface area contributed by atoms with Crippen LogP contribution >= 0.6 is 0 Å². The molecule has 1 aliphatic rings. The van der Waals surface area contributed by atoms with Gasteiger partial charge in [0.25, 0.3) is 0 Å². The fourth-order valence-electron chi connectivity index (χ4n) is 4.64. The van der Waals surface area contributed by atoms with E-state index < -0.39 is 10.0 Å². The van der Waals surface area contributed by atoms with Crippen molar-refractivity contribution in [3.05, 3.63) is 78.7 Å². The van der Waals surface area contributed by atoms with Gasteiger partial charge in [-0.15, -0.1) is 0 Å². The first-order chi connectivity index (χ1) is 18.5. The van der Waals surface area contributed by atoms with Crippen LogP contribution in [0.4, 0.5) is 5.82 Å². The first-order valence-corrected chi connectivity index (χ1v) is 14.9. The summed E-state index contributed by atoms with van der Waals surface area (Å²) in [7, 11) is 2.47. The Hall–Kier alpha value is -3.56. The van der Waals surface area contributed by atoms with E-state index in [9.17, 15) is 8.42 Å². The maximum atomic E-state index is 11.7. The summed E-state index contributed by atoms with van der Waals surface area (Å²) in [4.78, 5) is 16.0. The van der Waals surface area contributed by atoms with Gasteiger partial charge in [0, 0.05) is 68.5 Å². The molecule has 3 rings (SSSR count). The molecule has 9 heteroatoms. The molecule has 0 radical (unpaired) electrons. The molecule has 0 aliphatic heterocycles. The molecule has 1 aromatic carbocycles. The summed E-state index contributed by atoms with van der Waals surface area (Å²) in [5.74, 6) is 1.32. The molecule has 2 aromatic rings. The van der Waals surface area contributed by atoms with Gasteiger partial charge >= 0.3 is 0 Å². The number of anilines is 1. The van der Waals surface area contributed by atoms with Gasteiger partial charge in [-0.2, -0.15) is 0 Å². The predicted octanol–water partition coefficient (Wildman–Crippen LogP) is 5.16. The van der Waals surface area contributed by atoms with Crippen molar-refractivity contribution in [3.63, 3.8) is 0 Å². The minimum atomic E-state index is -3.22. The number of allylic oxidation sites excluding steroid dienone is 5. The van der Waals surface area contributed by atoms with Crippen molar-refractivity contribution in [1.29, 1.82) is 0 Å². The van der Waals surface area contributed by atoms with Crippen molar-refractivity contribution in [2.75, 3.05) is 32.7 Å². The Bertz CT molecular complexity index is 1380. The van der Waals surface area contributed by atoms with E-state index in [1.807, 2.05) is 68.7 Å². The highest BCUT2D eigenvalue weighted by molar-refractivity contribution is 7.88. The molecule has 208 valence electrons. The van der Waals surface area contributed by atoms with Crippen LogP contribution in [0.2, 0.25) is 0 Å². The molecule has 8 nitrogen and oxygen atoms in total. The molecule has 0 atom stereocenters. The number of nitrogens with one attached hydrogen (secondary N) is 2. The largest absolute Gasteiger partial charge is 0.383 e. The third-order valence-electron chi connectivity index (χ3n) is 6.29. The molecule has 0 bridgehead atoms. The molecule has 1 aliphatic carbocycles. The summed E-state index contributed by atoms with van der Waals surface area (Å²) in [6.07, 6.45) is 13.8. The Balaban J connectivity index is 2.00. The highest BCUT2D eigenvalue weighted by Crippen LogP contribution is 2.30. The van der Waals surface area contributed by atoms with E-state index in [4.69, 9.17) is 9.97 Å². The monoisotopic (exact) mass is 548 g/mol. The average Bonchev–Trinajstić information content (AvgIpc) is 2.87. The average molecular weight is 549 g/mol. The van der Waals surface area contributed by atoms with Gasteiger partial charge in [-0.05, 0) is 49.8 Å². The highest BCUT2D eigenvalue weighted by Gasteiger charge is 2.24. The Kier molecular flexibility index (Phi) is 10.4. The van der Waals surface area contributed by atoms with Crippen molar-refractivity contribution in [3.8, 4) is 11.4 Å². The zero-order valence-electron chi connectivity index (χ0n) is 23.6. The third kappa shape index (κ3) is 9.01. The summed E-state index contributed by atoms with van der Waals surface area (Å²) in [6.45, 7) is 9.94. The lowest BCUT2D eigenvalue weighted by Gasteiger charge is -2.30. The Morgan fingerprint density at radius 1 is 1.15 bits per heavy atom.